The Hall–Kier alpha value is -3.32. The monoisotopic (exact) mass is 698 g/mol. The number of rotatable bonds is 7. The maximum Gasteiger partial charge on any atom is 0.148 e. The predicted octanol–water partition coefficient (Wildman–Crippen LogP) is 10.5. The molecule has 0 spiro atoms. The molecule has 47 heavy (non-hydrogen) atoms. The van der Waals surface area contributed by atoms with Gasteiger partial charge in [-0.3, -0.25) is 0 Å². The first-order valence-corrected chi connectivity index (χ1v) is 17.8. The number of hydrogen-bond acceptors (Lipinski definition) is 4. The van der Waals surface area contributed by atoms with E-state index in [0.29, 0.717) is 11.6 Å². The molecule has 1 atom stereocenters. The minimum atomic E-state index is -0.842. The van der Waals surface area contributed by atoms with Crippen LogP contribution in [0.15, 0.2) is 134 Å². The van der Waals surface area contributed by atoms with Crippen LogP contribution in [0, 0.1) is 0 Å². The third-order valence-corrected chi connectivity index (χ3v) is 12.8. The molecule has 4 nitrogen and oxygen atoms in total. The van der Waals surface area contributed by atoms with Crippen molar-refractivity contribution in [3.8, 4) is 22.3 Å². The van der Waals surface area contributed by atoms with Crippen molar-refractivity contribution in [2.45, 2.75) is 63.2 Å². The molecule has 2 aromatic heterocycles. The Bertz CT molecular complexity index is 1710. The van der Waals surface area contributed by atoms with Crippen LogP contribution in [0.5, 0.6) is 0 Å². The van der Waals surface area contributed by atoms with Crippen molar-refractivity contribution in [1.29, 1.82) is 0 Å². The van der Waals surface area contributed by atoms with Crippen molar-refractivity contribution in [3.05, 3.63) is 157 Å². The van der Waals surface area contributed by atoms with E-state index in [1.807, 2.05) is 42.5 Å². The van der Waals surface area contributed by atoms with Gasteiger partial charge in [0.1, 0.15) is 16.8 Å². The van der Waals surface area contributed by atoms with E-state index in [0.717, 1.165) is 11.7 Å². The molecule has 0 aliphatic carbocycles. The summed E-state index contributed by atoms with van der Waals surface area (Å²) in [6, 6.07) is 37.6. The van der Waals surface area contributed by atoms with Gasteiger partial charge < -0.3 is 30.3 Å². The van der Waals surface area contributed by atoms with Gasteiger partial charge in [0, 0.05) is 41.9 Å². The van der Waals surface area contributed by atoms with Gasteiger partial charge in [-0.05, 0) is 28.6 Å². The summed E-state index contributed by atoms with van der Waals surface area (Å²) in [4.78, 5) is 19.2. The maximum absolute atomic E-state index is 4.80. The van der Waals surface area contributed by atoms with Gasteiger partial charge in [-0.1, -0.05) is 113 Å². The quantitative estimate of drug-likeness (QED) is 0.0946. The summed E-state index contributed by atoms with van der Waals surface area (Å²) in [6.07, 6.45) is 8.17. The topological polar surface area (TPSA) is 51.6 Å². The van der Waals surface area contributed by atoms with Crippen LogP contribution in [0.25, 0.3) is 22.3 Å². The van der Waals surface area contributed by atoms with Gasteiger partial charge in [0.15, 0.2) is 0 Å². The first-order chi connectivity index (χ1) is 22.0. The summed E-state index contributed by atoms with van der Waals surface area (Å²) in [7, 11) is 2.61. The molecule has 0 aliphatic rings. The first kappa shape index (κ1) is 36.5. The number of nitrogens with zero attached hydrogens (tertiary/aromatic N) is 4. The van der Waals surface area contributed by atoms with Crippen LogP contribution in [-0.4, -0.2) is 30.2 Å². The molecular weight excluding hydrogens is 654 g/mol. The van der Waals surface area contributed by atoms with E-state index >= 15 is 0 Å². The molecular formula is C40H44FeN4P2-6. The zero-order chi connectivity index (χ0) is 32.8. The minimum Gasteiger partial charge on any atom is -0.748 e. The van der Waals surface area contributed by atoms with E-state index in [1.54, 1.807) is 24.8 Å². The normalized spacial score (nSPS) is 11.8. The molecule has 6 rings (SSSR count). The summed E-state index contributed by atoms with van der Waals surface area (Å²) in [6.45, 7) is 14.3. The van der Waals surface area contributed by atoms with E-state index in [2.05, 4.69) is 118 Å². The number of aromatic nitrogens is 4. The molecule has 7 heteroatoms. The van der Waals surface area contributed by atoms with Crippen LogP contribution >= 0.6 is 17.2 Å². The largest absolute Gasteiger partial charge is 0.748 e. The average Bonchev–Trinajstić information content (AvgIpc) is 3.77. The number of hydrogen-bond donors (Lipinski definition) is 0. The molecule has 1 unspecified atom stereocenters. The van der Waals surface area contributed by atoms with E-state index in [1.165, 1.54) is 27.8 Å². The smallest absolute Gasteiger partial charge is 0.148 e. The summed E-state index contributed by atoms with van der Waals surface area (Å²) >= 11 is 0. The molecule has 0 bridgehead atoms. The van der Waals surface area contributed by atoms with Gasteiger partial charge >= 0.3 is 0 Å². The van der Waals surface area contributed by atoms with Gasteiger partial charge in [-0.2, -0.15) is 6.07 Å². The molecule has 0 saturated heterocycles. The summed E-state index contributed by atoms with van der Waals surface area (Å²) in [5, 5.41) is -0.566. The Morgan fingerprint density at radius 1 is 0.617 bits per heavy atom. The molecule has 4 aromatic carbocycles. The van der Waals surface area contributed by atoms with Crippen molar-refractivity contribution in [2.24, 2.45) is 0 Å². The standard InChI is InChI=1S/C35H39N4P2.C5H5.Fe/c1-33(2,3)41(34(4,5)6)24-28-29(35(40,31-36-19-13-20-37-31)32-38-21-14-22-39-32)23-27(25-15-9-7-10-16-25)30(28)26-17-11-8-12-18-26;1-2-4-5-3-1;/h7-23H,24,40H2,1-6H3;1-5H;/q-1;-5;. The second kappa shape index (κ2) is 15.7. The second-order valence-electron chi connectivity index (χ2n) is 13.4. The van der Waals surface area contributed by atoms with Gasteiger partial charge in [-0.25, -0.2) is 19.9 Å². The van der Waals surface area contributed by atoms with Gasteiger partial charge in [0.25, 0.3) is 0 Å². The van der Waals surface area contributed by atoms with Crippen LogP contribution < -0.4 is 0 Å². The fourth-order valence-electron chi connectivity index (χ4n) is 6.20. The third kappa shape index (κ3) is 8.40. The zero-order valence-corrected chi connectivity index (χ0v) is 31.2. The summed E-state index contributed by atoms with van der Waals surface area (Å²) < 4.78 is 0. The molecule has 0 saturated carbocycles. The van der Waals surface area contributed by atoms with Crippen molar-refractivity contribution in [2.75, 3.05) is 0 Å². The Morgan fingerprint density at radius 3 is 1.43 bits per heavy atom. The first-order valence-electron chi connectivity index (χ1n) is 15.7. The average molecular weight is 699 g/mol. The van der Waals surface area contributed by atoms with Crippen LogP contribution in [0.2, 0.25) is 0 Å². The van der Waals surface area contributed by atoms with E-state index in [-0.39, 0.29) is 27.4 Å². The van der Waals surface area contributed by atoms with Gasteiger partial charge in [-0.15, -0.1) is 39.4 Å². The maximum atomic E-state index is 4.80. The van der Waals surface area contributed by atoms with Crippen molar-refractivity contribution < 1.29 is 17.1 Å². The molecule has 0 radical (unpaired) electrons. The molecule has 0 aliphatic heterocycles. The Balaban J connectivity index is 0.000000762. The molecule has 2 heterocycles. The van der Waals surface area contributed by atoms with E-state index in [9.17, 15) is 0 Å². The fourth-order valence-corrected chi connectivity index (χ4v) is 10.4. The van der Waals surface area contributed by atoms with Crippen molar-refractivity contribution in [1.82, 2.24) is 19.9 Å². The van der Waals surface area contributed by atoms with Crippen molar-refractivity contribution in [3.63, 3.8) is 0 Å². The van der Waals surface area contributed by atoms with Crippen LogP contribution in [0.4, 0.5) is 0 Å². The molecule has 0 fully saturated rings. The Kier molecular flexibility index (Phi) is 12.2. The van der Waals surface area contributed by atoms with Gasteiger partial charge in [0.05, 0.1) is 0 Å². The van der Waals surface area contributed by atoms with Crippen LogP contribution in [0.3, 0.4) is 0 Å². The Morgan fingerprint density at radius 2 is 1.02 bits per heavy atom. The fraction of sp³-hybridized carbons (Fsp3) is 0.250. The zero-order valence-electron chi connectivity index (χ0n) is 28.1. The number of benzene rings is 2. The molecule has 248 valence electrons. The summed E-state index contributed by atoms with van der Waals surface area (Å²) in [5.41, 5.74) is 7.33. The minimum absolute atomic E-state index is 0. The molecule has 0 amide bonds. The molecule has 0 N–H and O–H groups in total. The predicted molar refractivity (Wildman–Crippen MR) is 199 cm³/mol. The molecule has 6 aromatic rings. The van der Waals surface area contributed by atoms with Gasteiger partial charge in [0.2, 0.25) is 0 Å². The van der Waals surface area contributed by atoms with Crippen LogP contribution in [-0.2, 0) is 28.4 Å². The summed E-state index contributed by atoms with van der Waals surface area (Å²) in [5.74, 6) is 1.33. The SMILES string of the molecule is CC(C)(C)P(C[c-]1c(C(P)(c2ncccn2)c2ncccn2)cc(-c2ccccc2)c1-c1ccccc1)C(C)(C)C.[Fe].[cH-]1[cH-][cH-][cH-][cH-]1. The van der Waals surface area contributed by atoms with Crippen LogP contribution in [0.1, 0.15) is 64.3 Å². The third-order valence-electron chi connectivity index (χ3n) is 8.09. The van der Waals surface area contributed by atoms with E-state index in [4.69, 9.17) is 19.9 Å². The second-order valence-corrected chi connectivity index (χ2v) is 18.1. The Labute approximate surface area is 295 Å². The van der Waals surface area contributed by atoms with Crippen molar-refractivity contribution >= 4 is 17.2 Å². The van der Waals surface area contributed by atoms with E-state index < -0.39 is 13.1 Å².